The van der Waals surface area contributed by atoms with E-state index in [2.05, 4.69) is 14.8 Å². The first-order chi connectivity index (χ1) is 9.31. The number of oxazole rings is 1. The SMILES string of the molecule is Nc1cccc2oc(N3CCN4CCCC4C3)nc12. The molecule has 5 heteroatoms. The van der Waals surface area contributed by atoms with Crippen LogP contribution in [0.2, 0.25) is 0 Å². The van der Waals surface area contributed by atoms with E-state index in [-0.39, 0.29) is 0 Å². The molecule has 0 saturated carbocycles. The smallest absolute Gasteiger partial charge is 0.298 e. The summed E-state index contributed by atoms with van der Waals surface area (Å²) < 4.78 is 5.85. The van der Waals surface area contributed by atoms with E-state index in [0.717, 1.165) is 36.7 Å². The number of anilines is 2. The Hall–Kier alpha value is -1.75. The van der Waals surface area contributed by atoms with Crippen LogP contribution in [0.4, 0.5) is 11.7 Å². The predicted molar refractivity (Wildman–Crippen MR) is 75.2 cm³/mol. The number of nitrogen functional groups attached to an aromatic ring is 1. The van der Waals surface area contributed by atoms with Gasteiger partial charge in [-0.25, -0.2) is 0 Å². The van der Waals surface area contributed by atoms with Gasteiger partial charge in [-0.3, -0.25) is 4.90 Å². The fourth-order valence-electron chi connectivity index (χ4n) is 3.26. The molecule has 1 aromatic carbocycles. The third-order valence-corrected chi connectivity index (χ3v) is 4.30. The van der Waals surface area contributed by atoms with Crippen LogP contribution in [-0.2, 0) is 0 Å². The van der Waals surface area contributed by atoms with Gasteiger partial charge in [0.15, 0.2) is 5.58 Å². The van der Waals surface area contributed by atoms with Gasteiger partial charge in [-0.15, -0.1) is 0 Å². The van der Waals surface area contributed by atoms with Gasteiger partial charge in [-0.2, -0.15) is 4.98 Å². The summed E-state index contributed by atoms with van der Waals surface area (Å²) in [5.41, 5.74) is 8.19. The van der Waals surface area contributed by atoms with E-state index < -0.39 is 0 Å². The van der Waals surface area contributed by atoms with Crippen LogP contribution in [0.25, 0.3) is 11.1 Å². The van der Waals surface area contributed by atoms with Crippen LogP contribution in [-0.4, -0.2) is 42.1 Å². The topological polar surface area (TPSA) is 58.5 Å². The maximum absolute atomic E-state index is 5.94. The van der Waals surface area contributed by atoms with Crippen molar-refractivity contribution in [2.75, 3.05) is 36.8 Å². The Kier molecular flexibility index (Phi) is 2.41. The Balaban J connectivity index is 1.65. The predicted octanol–water partition coefficient (Wildman–Crippen LogP) is 1.69. The van der Waals surface area contributed by atoms with E-state index in [1.165, 1.54) is 19.4 Å². The number of hydrogen-bond donors (Lipinski definition) is 1. The van der Waals surface area contributed by atoms with Crippen molar-refractivity contribution in [2.24, 2.45) is 0 Å². The van der Waals surface area contributed by atoms with Crippen molar-refractivity contribution in [1.82, 2.24) is 9.88 Å². The second-order valence-corrected chi connectivity index (χ2v) is 5.47. The van der Waals surface area contributed by atoms with E-state index in [1.807, 2.05) is 18.2 Å². The van der Waals surface area contributed by atoms with Gasteiger partial charge < -0.3 is 15.1 Å². The summed E-state index contributed by atoms with van der Waals surface area (Å²) in [6.45, 7) is 4.37. The van der Waals surface area contributed by atoms with Crippen molar-refractivity contribution < 1.29 is 4.42 Å². The number of aromatic nitrogens is 1. The maximum Gasteiger partial charge on any atom is 0.298 e. The van der Waals surface area contributed by atoms with Crippen molar-refractivity contribution in [3.8, 4) is 0 Å². The number of nitrogens with zero attached hydrogens (tertiary/aromatic N) is 3. The maximum atomic E-state index is 5.94. The Bertz CT molecular complexity index is 609. The number of rotatable bonds is 1. The molecule has 5 nitrogen and oxygen atoms in total. The van der Waals surface area contributed by atoms with Gasteiger partial charge in [0.05, 0.1) is 5.69 Å². The molecule has 1 unspecified atom stereocenters. The molecule has 0 aliphatic carbocycles. The van der Waals surface area contributed by atoms with Gasteiger partial charge in [-0.1, -0.05) is 6.07 Å². The molecule has 1 aromatic heterocycles. The third-order valence-electron chi connectivity index (χ3n) is 4.30. The largest absolute Gasteiger partial charge is 0.423 e. The Morgan fingerprint density at radius 3 is 3.11 bits per heavy atom. The number of para-hydroxylation sites is 1. The number of benzene rings is 1. The lowest BCUT2D eigenvalue weighted by Gasteiger charge is -2.36. The van der Waals surface area contributed by atoms with Crippen LogP contribution in [0.5, 0.6) is 0 Å². The summed E-state index contributed by atoms with van der Waals surface area (Å²) in [6.07, 6.45) is 2.61. The van der Waals surface area contributed by atoms with Crippen molar-refractivity contribution in [2.45, 2.75) is 18.9 Å². The minimum atomic E-state index is 0.668. The number of nitrogens with two attached hydrogens (primary N) is 1. The number of fused-ring (bicyclic) bond motifs is 2. The zero-order valence-electron chi connectivity index (χ0n) is 10.9. The molecule has 0 spiro atoms. The fourth-order valence-corrected chi connectivity index (χ4v) is 3.26. The lowest BCUT2D eigenvalue weighted by Crippen LogP contribution is -2.50. The molecule has 3 heterocycles. The van der Waals surface area contributed by atoms with Gasteiger partial charge >= 0.3 is 0 Å². The molecule has 2 aromatic rings. The standard InChI is InChI=1S/C14H18N4O/c15-11-4-1-5-12-13(11)16-14(19-12)18-8-7-17-6-2-3-10(17)9-18/h1,4-5,10H,2-3,6-9,15H2. The second-order valence-electron chi connectivity index (χ2n) is 5.47. The van der Waals surface area contributed by atoms with Crippen LogP contribution in [0.15, 0.2) is 22.6 Å². The number of piperazine rings is 1. The van der Waals surface area contributed by atoms with Crippen LogP contribution in [0, 0.1) is 0 Å². The minimum Gasteiger partial charge on any atom is -0.423 e. The summed E-state index contributed by atoms with van der Waals surface area (Å²) in [5, 5.41) is 0. The Morgan fingerprint density at radius 2 is 2.21 bits per heavy atom. The summed E-state index contributed by atoms with van der Waals surface area (Å²) in [7, 11) is 0. The summed E-state index contributed by atoms with van der Waals surface area (Å²) >= 11 is 0. The summed E-state index contributed by atoms with van der Waals surface area (Å²) in [6, 6.07) is 7.08. The van der Waals surface area contributed by atoms with E-state index in [4.69, 9.17) is 10.2 Å². The molecule has 2 aliphatic heterocycles. The lowest BCUT2D eigenvalue weighted by molar-refractivity contribution is 0.226. The summed E-state index contributed by atoms with van der Waals surface area (Å²) in [5.74, 6) is 0. The molecule has 19 heavy (non-hydrogen) atoms. The van der Waals surface area contributed by atoms with Crippen LogP contribution < -0.4 is 10.6 Å². The van der Waals surface area contributed by atoms with Crippen LogP contribution in [0.3, 0.4) is 0 Å². The molecule has 0 bridgehead atoms. The molecule has 4 rings (SSSR count). The van der Waals surface area contributed by atoms with E-state index in [0.29, 0.717) is 11.7 Å². The van der Waals surface area contributed by atoms with E-state index >= 15 is 0 Å². The zero-order valence-corrected chi connectivity index (χ0v) is 10.9. The molecule has 0 amide bonds. The normalized spacial score (nSPS) is 24.0. The summed E-state index contributed by atoms with van der Waals surface area (Å²) in [4.78, 5) is 9.40. The molecule has 1 atom stereocenters. The highest BCUT2D eigenvalue weighted by molar-refractivity contribution is 5.86. The monoisotopic (exact) mass is 258 g/mol. The van der Waals surface area contributed by atoms with Gasteiger partial charge in [-0.05, 0) is 31.5 Å². The van der Waals surface area contributed by atoms with Gasteiger partial charge in [0.25, 0.3) is 6.01 Å². The first kappa shape index (κ1) is 11.1. The van der Waals surface area contributed by atoms with E-state index in [9.17, 15) is 0 Å². The van der Waals surface area contributed by atoms with Crippen LogP contribution >= 0.6 is 0 Å². The molecule has 2 aliphatic rings. The molecule has 2 N–H and O–H groups in total. The molecule has 0 radical (unpaired) electrons. The number of hydrogen-bond acceptors (Lipinski definition) is 5. The van der Waals surface area contributed by atoms with Gasteiger partial charge in [0, 0.05) is 25.7 Å². The molecule has 2 saturated heterocycles. The lowest BCUT2D eigenvalue weighted by atomic mass is 10.2. The second kappa shape index (κ2) is 4.13. The molecule has 2 fully saturated rings. The fraction of sp³-hybridized carbons (Fsp3) is 0.500. The van der Waals surface area contributed by atoms with Crippen molar-refractivity contribution in [3.63, 3.8) is 0 Å². The molecule has 100 valence electrons. The van der Waals surface area contributed by atoms with Crippen LogP contribution in [0.1, 0.15) is 12.8 Å². The first-order valence-corrected chi connectivity index (χ1v) is 6.95. The minimum absolute atomic E-state index is 0.668. The first-order valence-electron chi connectivity index (χ1n) is 6.95. The quantitative estimate of drug-likeness (QED) is 0.789. The highest BCUT2D eigenvalue weighted by Crippen LogP contribution is 2.29. The average Bonchev–Trinajstić information content (AvgIpc) is 3.04. The highest BCUT2D eigenvalue weighted by atomic mass is 16.4. The molecular weight excluding hydrogens is 240 g/mol. The third kappa shape index (κ3) is 1.76. The molecular formula is C14H18N4O. The average molecular weight is 258 g/mol. The van der Waals surface area contributed by atoms with Crippen molar-refractivity contribution in [3.05, 3.63) is 18.2 Å². The Morgan fingerprint density at radius 1 is 1.26 bits per heavy atom. The van der Waals surface area contributed by atoms with Crippen molar-refractivity contribution in [1.29, 1.82) is 0 Å². The van der Waals surface area contributed by atoms with Crippen molar-refractivity contribution >= 4 is 22.8 Å². The van der Waals surface area contributed by atoms with Gasteiger partial charge in [0.1, 0.15) is 5.52 Å². The highest BCUT2D eigenvalue weighted by Gasteiger charge is 2.32. The van der Waals surface area contributed by atoms with Gasteiger partial charge in [0.2, 0.25) is 0 Å². The van der Waals surface area contributed by atoms with E-state index in [1.54, 1.807) is 0 Å². The Labute approximate surface area is 112 Å². The zero-order chi connectivity index (χ0) is 12.8.